The van der Waals surface area contributed by atoms with Gasteiger partial charge in [0.25, 0.3) is 5.56 Å². The highest BCUT2D eigenvalue weighted by Gasteiger charge is 2.16. The first kappa shape index (κ1) is 18.7. The van der Waals surface area contributed by atoms with Crippen LogP contribution in [0.4, 0.5) is 0 Å². The maximum absolute atomic E-state index is 12.4. The van der Waals surface area contributed by atoms with Gasteiger partial charge in [-0.25, -0.2) is 4.98 Å². The van der Waals surface area contributed by atoms with Crippen LogP contribution >= 0.6 is 0 Å². The molecule has 146 valence electrons. The van der Waals surface area contributed by atoms with Gasteiger partial charge in [0.15, 0.2) is 0 Å². The smallest absolute Gasteiger partial charge is 0.258 e. The molecule has 4 rings (SSSR count). The summed E-state index contributed by atoms with van der Waals surface area (Å²) in [5.41, 5.74) is 3.33. The van der Waals surface area contributed by atoms with Crippen LogP contribution in [0.2, 0.25) is 0 Å². The molecule has 5 nitrogen and oxygen atoms in total. The third kappa shape index (κ3) is 3.94. The Bertz CT molecular complexity index is 1030. The van der Waals surface area contributed by atoms with E-state index in [-0.39, 0.29) is 5.56 Å². The van der Waals surface area contributed by atoms with Gasteiger partial charge in [0.05, 0.1) is 24.1 Å². The van der Waals surface area contributed by atoms with E-state index in [2.05, 4.69) is 46.9 Å². The maximum atomic E-state index is 12.4. The molecule has 2 heterocycles. The minimum Gasteiger partial charge on any atom is -0.493 e. The molecule has 1 aromatic heterocycles. The largest absolute Gasteiger partial charge is 0.493 e. The molecular formula is C23H27N3O2. The lowest BCUT2D eigenvalue weighted by atomic mass is 10.1. The second-order valence-electron chi connectivity index (χ2n) is 7.55. The molecule has 0 amide bonds. The summed E-state index contributed by atoms with van der Waals surface area (Å²) in [6, 6.07) is 14.4. The molecule has 28 heavy (non-hydrogen) atoms. The third-order valence-electron chi connectivity index (χ3n) is 5.67. The van der Waals surface area contributed by atoms with Gasteiger partial charge in [-0.2, -0.15) is 0 Å². The van der Waals surface area contributed by atoms with Crippen molar-refractivity contribution in [2.24, 2.45) is 0 Å². The highest BCUT2D eigenvalue weighted by Crippen LogP contribution is 2.26. The molecule has 0 aliphatic carbocycles. The van der Waals surface area contributed by atoms with Gasteiger partial charge in [-0.15, -0.1) is 0 Å². The molecule has 3 aromatic rings. The van der Waals surface area contributed by atoms with Crippen LogP contribution in [0.5, 0.6) is 5.75 Å². The van der Waals surface area contributed by atoms with Crippen molar-refractivity contribution in [1.82, 2.24) is 14.9 Å². The summed E-state index contributed by atoms with van der Waals surface area (Å²) in [5.74, 6) is 1.76. The molecular weight excluding hydrogens is 350 g/mol. The fraction of sp³-hybridized carbons (Fsp3) is 0.391. The van der Waals surface area contributed by atoms with Crippen LogP contribution in [0.25, 0.3) is 10.9 Å². The fourth-order valence-corrected chi connectivity index (χ4v) is 3.78. The monoisotopic (exact) mass is 377 g/mol. The van der Waals surface area contributed by atoms with Gasteiger partial charge in [0.1, 0.15) is 11.6 Å². The summed E-state index contributed by atoms with van der Waals surface area (Å²) in [6.07, 6.45) is 3.02. The van der Waals surface area contributed by atoms with Gasteiger partial charge >= 0.3 is 0 Å². The van der Waals surface area contributed by atoms with Gasteiger partial charge in [-0.05, 0) is 49.1 Å². The summed E-state index contributed by atoms with van der Waals surface area (Å²) in [7, 11) is 0. The van der Waals surface area contributed by atoms with Crippen molar-refractivity contribution in [2.45, 2.75) is 45.7 Å². The average Bonchev–Trinajstić information content (AvgIpc) is 3.18. The van der Waals surface area contributed by atoms with Crippen LogP contribution in [0.1, 0.15) is 37.2 Å². The Kier molecular flexibility index (Phi) is 5.44. The number of ether oxygens (including phenoxy) is 1. The first-order valence-corrected chi connectivity index (χ1v) is 10.1. The Hall–Kier alpha value is -2.66. The third-order valence-corrected chi connectivity index (χ3v) is 5.67. The number of H-pyrrole nitrogens is 1. The number of nitrogens with zero attached hydrogens (tertiary/aromatic N) is 2. The molecule has 1 aliphatic heterocycles. The molecule has 0 saturated heterocycles. The van der Waals surface area contributed by atoms with E-state index in [0.29, 0.717) is 18.0 Å². The van der Waals surface area contributed by atoms with E-state index in [4.69, 9.17) is 4.74 Å². The van der Waals surface area contributed by atoms with Gasteiger partial charge in [0.2, 0.25) is 0 Å². The van der Waals surface area contributed by atoms with E-state index >= 15 is 0 Å². The Morgan fingerprint density at radius 1 is 1.25 bits per heavy atom. The lowest BCUT2D eigenvalue weighted by Crippen LogP contribution is -2.35. The lowest BCUT2D eigenvalue weighted by molar-refractivity contribution is 0.193. The molecule has 0 bridgehead atoms. The molecule has 2 aromatic carbocycles. The molecule has 1 aliphatic rings. The van der Waals surface area contributed by atoms with E-state index in [1.807, 2.05) is 24.3 Å². The highest BCUT2D eigenvalue weighted by atomic mass is 16.5. The molecule has 0 spiro atoms. The van der Waals surface area contributed by atoms with Crippen molar-refractivity contribution in [3.63, 3.8) is 0 Å². The molecule has 1 N–H and O–H groups in total. The van der Waals surface area contributed by atoms with Crippen LogP contribution < -0.4 is 10.3 Å². The second kappa shape index (κ2) is 8.15. The summed E-state index contributed by atoms with van der Waals surface area (Å²) in [6.45, 7) is 6.78. The predicted molar refractivity (Wildman–Crippen MR) is 112 cm³/mol. The standard InChI is InChI=1S/C23H27N3O2/c1-3-16(2)26(12-10-17-8-9-21-18(14-17)11-13-28-21)15-22-24-20-7-5-4-6-19(20)23(27)25-22/h4-9,14,16H,3,10-13,15H2,1-2H3,(H,24,25,27). The summed E-state index contributed by atoms with van der Waals surface area (Å²) >= 11 is 0. The molecule has 0 radical (unpaired) electrons. The Morgan fingerprint density at radius 3 is 2.96 bits per heavy atom. The van der Waals surface area contributed by atoms with Crippen LogP contribution in [0, 0.1) is 0 Å². The topological polar surface area (TPSA) is 58.2 Å². The highest BCUT2D eigenvalue weighted by molar-refractivity contribution is 5.77. The molecule has 5 heteroatoms. The van der Waals surface area contributed by atoms with Crippen molar-refractivity contribution in [2.75, 3.05) is 13.2 Å². The number of hydrogen-bond acceptors (Lipinski definition) is 4. The summed E-state index contributed by atoms with van der Waals surface area (Å²) in [5, 5.41) is 0.640. The Balaban J connectivity index is 1.51. The summed E-state index contributed by atoms with van der Waals surface area (Å²) in [4.78, 5) is 22.4. The SMILES string of the molecule is CCC(C)N(CCc1ccc2c(c1)CCO2)Cc1nc2ccccc2c(=O)[nH]1. The Labute approximate surface area is 165 Å². The molecule has 1 atom stereocenters. The zero-order valence-corrected chi connectivity index (χ0v) is 16.6. The number of hydrogen-bond donors (Lipinski definition) is 1. The summed E-state index contributed by atoms with van der Waals surface area (Å²) < 4.78 is 5.61. The first-order valence-electron chi connectivity index (χ1n) is 10.1. The van der Waals surface area contributed by atoms with Crippen molar-refractivity contribution < 1.29 is 4.74 Å². The quantitative estimate of drug-likeness (QED) is 0.682. The minimum absolute atomic E-state index is 0.0664. The van der Waals surface area contributed by atoms with Crippen molar-refractivity contribution in [3.8, 4) is 5.75 Å². The molecule has 1 unspecified atom stereocenters. The minimum atomic E-state index is -0.0664. The predicted octanol–water partition coefficient (Wildman–Crippen LogP) is 3.70. The number of para-hydroxylation sites is 1. The zero-order valence-electron chi connectivity index (χ0n) is 16.6. The number of fused-ring (bicyclic) bond motifs is 2. The molecule has 0 saturated carbocycles. The van der Waals surface area contributed by atoms with E-state index in [9.17, 15) is 4.79 Å². The van der Waals surface area contributed by atoms with Crippen molar-refractivity contribution >= 4 is 10.9 Å². The number of aromatic amines is 1. The number of rotatable bonds is 7. The van der Waals surface area contributed by atoms with E-state index in [1.54, 1.807) is 0 Å². The van der Waals surface area contributed by atoms with Crippen molar-refractivity contribution in [3.05, 3.63) is 69.8 Å². The number of aromatic nitrogens is 2. The van der Waals surface area contributed by atoms with Crippen LogP contribution in [-0.2, 0) is 19.4 Å². The average molecular weight is 377 g/mol. The zero-order chi connectivity index (χ0) is 19.5. The van der Waals surface area contributed by atoms with E-state index in [1.165, 1.54) is 11.1 Å². The van der Waals surface area contributed by atoms with Crippen molar-refractivity contribution in [1.29, 1.82) is 0 Å². The van der Waals surface area contributed by atoms with E-state index < -0.39 is 0 Å². The van der Waals surface area contributed by atoms with Gasteiger partial charge in [0, 0.05) is 19.0 Å². The van der Waals surface area contributed by atoms with Gasteiger partial charge in [-0.1, -0.05) is 31.2 Å². The number of benzene rings is 2. The number of nitrogens with one attached hydrogen (secondary N) is 1. The lowest BCUT2D eigenvalue weighted by Gasteiger charge is -2.28. The van der Waals surface area contributed by atoms with Crippen LogP contribution in [0.15, 0.2) is 47.3 Å². The maximum Gasteiger partial charge on any atom is 0.258 e. The second-order valence-corrected chi connectivity index (χ2v) is 7.55. The Morgan fingerprint density at radius 2 is 2.11 bits per heavy atom. The van der Waals surface area contributed by atoms with Crippen LogP contribution in [-0.4, -0.2) is 34.1 Å². The van der Waals surface area contributed by atoms with Gasteiger partial charge < -0.3 is 9.72 Å². The fourth-order valence-electron chi connectivity index (χ4n) is 3.78. The first-order chi connectivity index (χ1) is 13.6. The van der Waals surface area contributed by atoms with Crippen LogP contribution in [0.3, 0.4) is 0 Å². The normalized spacial score (nSPS) is 14.2. The van der Waals surface area contributed by atoms with E-state index in [0.717, 1.165) is 49.5 Å². The van der Waals surface area contributed by atoms with Gasteiger partial charge in [-0.3, -0.25) is 9.69 Å². The molecule has 0 fully saturated rings.